The Kier molecular flexibility index (Phi) is 3.43. The summed E-state index contributed by atoms with van der Waals surface area (Å²) in [5.74, 6) is -5.91. The minimum atomic E-state index is -4.65. The van der Waals surface area contributed by atoms with Gasteiger partial charge in [0.2, 0.25) is 0 Å². The maximum Gasteiger partial charge on any atom is 0.394 e. The van der Waals surface area contributed by atoms with Crippen LogP contribution >= 0.6 is 11.5 Å². The number of carboxylic acids is 1. The number of carbonyl (C=O) groups is 2. The third-order valence-corrected chi connectivity index (χ3v) is 3.57. The van der Waals surface area contributed by atoms with E-state index in [0.717, 1.165) is 22.6 Å². The van der Waals surface area contributed by atoms with E-state index in [4.69, 9.17) is 5.11 Å². The van der Waals surface area contributed by atoms with Crippen LogP contribution in [-0.4, -0.2) is 50.7 Å². The van der Waals surface area contributed by atoms with Gasteiger partial charge in [-0.2, -0.15) is 13.2 Å². The zero-order valence-corrected chi connectivity index (χ0v) is 10.1. The monoisotopic (exact) mass is 295 g/mol. The molecule has 1 amide bonds. The van der Waals surface area contributed by atoms with Gasteiger partial charge in [0.05, 0.1) is 18.0 Å². The topological polar surface area (TPSA) is 83.4 Å². The third kappa shape index (κ3) is 2.67. The normalized spacial score (nSPS) is 23.6. The van der Waals surface area contributed by atoms with E-state index in [2.05, 4.69) is 9.59 Å². The van der Waals surface area contributed by atoms with Gasteiger partial charge < -0.3 is 10.0 Å². The second-order valence-electron chi connectivity index (χ2n) is 4.08. The molecule has 1 N–H and O–H groups in total. The lowest BCUT2D eigenvalue weighted by molar-refractivity contribution is -0.187. The van der Waals surface area contributed by atoms with Crippen LogP contribution in [0.3, 0.4) is 0 Å². The standard InChI is InChI=1S/C9H8F3N3O3S/c10-9(11,12)5-3-15(2-4(5)8(17)18)7(16)6-1-13-14-19-6/h1,4-5H,2-3H2,(H,17,18)/t4-,5-/m1/s1. The molecule has 0 spiro atoms. The van der Waals surface area contributed by atoms with Crippen molar-refractivity contribution in [3.8, 4) is 0 Å². The molecule has 1 aromatic heterocycles. The Morgan fingerprint density at radius 2 is 2.11 bits per heavy atom. The SMILES string of the molecule is O=C(O)[C@@H]1CN(C(=O)c2cnns2)C[C@H]1C(F)(F)F. The Bertz CT molecular complexity index is 491. The highest BCUT2D eigenvalue weighted by Gasteiger charge is 2.53. The summed E-state index contributed by atoms with van der Waals surface area (Å²) in [6.45, 7) is -1.12. The van der Waals surface area contributed by atoms with Crippen LogP contribution in [0.25, 0.3) is 0 Å². The molecule has 1 aliphatic rings. The average Bonchev–Trinajstić information content (AvgIpc) is 2.96. The van der Waals surface area contributed by atoms with Gasteiger partial charge in [-0.05, 0) is 11.5 Å². The van der Waals surface area contributed by atoms with Crippen molar-refractivity contribution in [3.63, 3.8) is 0 Å². The first-order valence-corrected chi connectivity index (χ1v) is 5.94. The van der Waals surface area contributed by atoms with Crippen molar-refractivity contribution in [2.45, 2.75) is 6.18 Å². The van der Waals surface area contributed by atoms with E-state index in [1.807, 2.05) is 0 Å². The minimum absolute atomic E-state index is 0.0898. The van der Waals surface area contributed by atoms with Crippen LogP contribution in [0, 0.1) is 11.8 Å². The van der Waals surface area contributed by atoms with Crippen molar-refractivity contribution in [1.82, 2.24) is 14.5 Å². The molecule has 19 heavy (non-hydrogen) atoms. The smallest absolute Gasteiger partial charge is 0.394 e. The lowest BCUT2D eigenvalue weighted by Crippen LogP contribution is -2.34. The van der Waals surface area contributed by atoms with E-state index in [9.17, 15) is 22.8 Å². The highest BCUT2D eigenvalue weighted by atomic mass is 32.1. The number of carboxylic acid groups (broad SMARTS) is 1. The van der Waals surface area contributed by atoms with E-state index in [1.54, 1.807) is 0 Å². The van der Waals surface area contributed by atoms with E-state index in [-0.39, 0.29) is 4.88 Å². The van der Waals surface area contributed by atoms with Gasteiger partial charge in [-0.15, -0.1) is 5.10 Å². The largest absolute Gasteiger partial charge is 0.481 e. The van der Waals surface area contributed by atoms with Gasteiger partial charge in [0.15, 0.2) is 0 Å². The van der Waals surface area contributed by atoms with Crippen LogP contribution in [0.1, 0.15) is 9.67 Å². The molecule has 104 valence electrons. The average molecular weight is 295 g/mol. The lowest BCUT2D eigenvalue weighted by Gasteiger charge is -2.17. The van der Waals surface area contributed by atoms with Crippen molar-refractivity contribution in [3.05, 3.63) is 11.1 Å². The summed E-state index contributed by atoms with van der Waals surface area (Å²) >= 11 is 0.755. The fraction of sp³-hybridized carbons (Fsp3) is 0.556. The predicted molar refractivity (Wildman–Crippen MR) is 56.5 cm³/mol. The van der Waals surface area contributed by atoms with Gasteiger partial charge in [0.1, 0.15) is 4.88 Å². The summed E-state index contributed by atoms with van der Waals surface area (Å²) in [5, 5.41) is 12.2. The second kappa shape index (κ2) is 4.76. The number of alkyl halides is 3. The van der Waals surface area contributed by atoms with Crippen LogP contribution in [0.2, 0.25) is 0 Å². The molecule has 1 saturated heterocycles. The molecule has 1 aliphatic heterocycles. The van der Waals surface area contributed by atoms with E-state index in [1.165, 1.54) is 0 Å². The summed E-state index contributed by atoms with van der Waals surface area (Å²) in [6, 6.07) is 0. The van der Waals surface area contributed by atoms with Gasteiger partial charge in [-0.25, -0.2) is 0 Å². The molecular formula is C9H8F3N3O3S. The van der Waals surface area contributed by atoms with Crippen molar-refractivity contribution >= 4 is 23.4 Å². The number of aromatic nitrogens is 2. The second-order valence-corrected chi connectivity index (χ2v) is 4.87. The number of likely N-dealkylation sites (tertiary alicyclic amines) is 1. The number of aliphatic carboxylic acids is 1. The molecule has 0 aromatic carbocycles. The van der Waals surface area contributed by atoms with E-state index in [0.29, 0.717) is 0 Å². The highest BCUT2D eigenvalue weighted by Crippen LogP contribution is 2.38. The van der Waals surface area contributed by atoms with Crippen LogP contribution in [0.15, 0.2) is 6.20 Å². The summed E-state index contributed by atoms with van der Waals surface area (Å²) < 4.78 is 41.6. The van der Waals surface area contributed by atoms with Gasteiger partial charge in [-0.1, -0.05) is 4.49 Å². The maximum absolute atomic E-state index is 12.7. The van der Waals surface area contributed by atoms with Crippen LogP contribution in [-0.2, 0) is 4.79 Å². The first-order chi connectivity index (χ1) is 8.80. The van der Waals surface area contributed by atoms with Crippen molar-refractivity contribution in [2.75, 3.05) is 13.1 Å². The molecule has 1 fully saturated rings. The molecular weight excluding hydrogens is 287 g/mol. The molecule has 6 nitrogen and oxygen atoms in total. The number of nitrogens with zero attached hydrogens (tertiary/aromatic N) is 3. The van der Waals surface area contributed by atoms with E-state index < -0.39 is 43.0 Å². The molecule has 0 unspecified atom stereocenters. The fourth-order valence-electron chi connectivity index (χ4n) is 1.97. The molecule has 2 rings (SSSR count). The summed E-state index contributed by atoms with van der Waals surface area (Å²) in [7, 11) is 0. The third-order valence-electron chi connectivity index (χ3n) is 2.92. The van der Waals surface area contributed by atoms with Gasteiger partial charge in [-0.3, -0.25) is 9.59 Å². The van der Waals surface area contributed by atoms with Crippen LogP contribution in [0.5, 0.6) is 0 Å². The Hall–Kier alpha value is -1.71. The number of amides is 1. The molecule has 0 aliphatic carbocycles. The summed E-state index contributed by atoms with van der Waals surface area (Å²) in [4.78, 5) is 23.7. The molecule has 1 aromatic rings. The van der Waals surface area contributed by atoms with Crippen molar-refractivity contribution < 1.29 is 27.9 Å². The number of carbonyl (C=O) groups excluding carboxylic acids is 1. The minimum Gasteiger partial charge on any atom is -0.481 e. The zero-order valence-electron chi connectivity index (χ0n) is 9.29. The Morgan fingerprint density at radius 3 is 2.53 bits per heavy atom. The summed E-state index contributed by atoms with van der Waals surface area (Å²) in [6.07, 6.45) is -3.51. The number of hydrogen-bond acceptors (Lipinski definition) is 5. The van der Waals surface area contributed by atoms with E-state index >= 15 is 0 Å². The van der Waals surface area contributed by atoms with Gasteiger partial charge in [0.25, 0.3) is 5.91 Å². The molecule has 2 heterocycles. The van der Waals surface area contributed by atoms with Crippen LogP contribution in [0.4, 0.5) is 13.2 Å². The first kappa shape index (κ1) is 13.7. The predicted octanol–water partition coefficient (Wildman–Crippen LogP) is 0.873. The Labute approximate surface area is 109 Å². The molecule has 0 saturated carbocycles. The molecule has 2 atom stereocenters. The van der Waals surface area contributed by atoms with Crippen molar-refractivity contribution in [2.24, 2.45) is 11.8 Å². The van der Waals surface area contributed by atoms with Crippen LogP contribution < -0.4 is 0 Å². The number of hydrogen-bond donors (Lipinski definition) is 1. The zero-order chi connectivity index (χ0) is 14.2. The summed E-state index contributed by atoms with van der Waals surface area (Å²) in [5.41, 5.74) is 0. The van der Waals surface area contributed by atoms with Gasteiger partial charge >= 0.3 is 12.1 Å². The fourth-order valence-corrected chi connectivity index (χ4v) is 2.45. The van der Waals surface area contributed by atoms with Crippen molar-refractivity contribution in [1.29, 1.82) is 0 Å². The first-order valence-electron chi connectivity index (χ1n) is 5.17. The Balaban J connectivity index is 2.19. The lowest BCUT2D eigenvalue weighted by atomic mass is 9.96. The molecule has 0 radical (unpaired) electrons. The maximum atomic E-state index is 12.7. The quantitative estimate of drug-likeness (QED) is 0.875. The Morgan fingerprint density at radius 1 is 1.42 bits per heavy atom. The van der Waals surface area contributed by atoms with Gasteiger partial charge in [0, 0.05) is 13.1 Å². The number of rotatable bonds is 2. The number of halogens is 3. The highest BCUT2D eigenvalue weighted by molar-refractivity contribution is 7.07. The molecule has 0 bridgehead atoms. The molecule has 10 heteroatoms.